The highest BCUT2D eigenvalue weighted by Gasteiger charge is 2.30. The summed E-state index contributed by atoms with van der Waals surface area (Å²) in [5, 5.41) is 4.01. The first-order chi connectivity index (χ1) is 13.7. The fourth-order valence-corrected chi connectivity index (χ4v) is 3.15. The number of aromatic nitrogens is 2. The molecule has 0 saturated carbocycles. The highest BCUT2D eigenvalue weighted by molar-refractivity contribution is 6.16. The molecule has 0 aliphatic carbocycles. The van der Waals surface area contributed by atoms with E-state index < -0.39 is 17.6 Å². The van der Waals surface area contributed by atoms with Crippen molar-refractivity contribution in [3.8, 4) is 0 Å². The molecule has 4 aromatic rings. The van der Waals surface area contributed by atoms with Crippen LogP contribution in [0.25, 0.3) is 21.8 Å². The lowest BCUT2D eigenvalue weighted by Gasteiger charge is -2.09. The minimum atomic E-state index is -4.46. The molecule has 4 rings (SSSR count). The van der Waals surface area contributed by atoms with Crippen LogP contribution in [0.5, 0.6) is 0 Å². The van der Waals surface area contributed by atoms with Crippen LogP contribution in [0.1, 0.15) is 33.5 Å². The van der Waals surface area contributed by atoms with Gasteiger partial charge in [0.15, 0.2) is 5.78 Å². The van der Waals surface area contributed by atoms with E-state index >= 15 is 0 Å². The van der Waals surface area contributed by atoms with Gasteiger partial charge in [-0.15, -0.1) is 0 Å². The average molecular weight is 397 g/mol. The number of aromatic amines is 1. The Morgan fingerprint density at radius 3 is 2.34 bits per heavy atom. The Labute approximate surface area is 162 Å². The number of benzene rings is 2. The highest BCUT2D eigenvalue weighted by Crippen LogP contribution is 2.30. The number of Topliss-reactive ketones (excluding diaryl/α,β-unsaturated/α-hetero) is 1. The van der Waals surface area contributed by atoms with Gasteiger partial charge in [0.2, 0.25) is 0 Å². The smallest absolute Gasteiger partial charge is 0.353 e. The van der Waals surface area contributed by atoms with Crippen molar-refractivity contribution in [2.75, 3.05) is 5.32 Å². The zero-order valence-corrected chi connectivity index (χ0v) is 15.1. The van der Waals surface area contributed by atoms with Crippen LogP contribution in [0, 0.1) is 0 Å². The monoisotopic (exact) mass is 397 g/mol. The van der Waals surface area contributed by atoms with E-state index in [2.05, 4.69) is 15.3 Å². The number of nitrogens with one attached hydrogen (secondary N) is 2. The molecular formula is C21H14F3N3O2. The Morgan fingerprint density at radius 2 is 1.69 bits per heavy atom. The van der Waals surface area contributed by atoms with E-state index in [0.717, 1.165) is 35.2 Å². The Hall–Kier alpha value is -3.68. The van der Waals surface area contributed by atoms with Crippen LogP contribution >= 0.6 is 0 Å². The van der Waals surface area contributed by atoms with Crippen molar-refractivity contribution in [2.24, 2.45) is 0 Å². The summed E-state index contributed by atoms with van der Waals surface area (Å²) in [4.78, 5) is 32.1. The number of carbonyl (C=O) groups is 2. The number of ketones is 1. The van der Waals surface area contributed by atoms with Crippen molar-refractivity contribution < 1.29 is 22.8 Å². The van der Waals surface area contributed by atoms with E-state index in [1.165, 1.54) is 6.92 Å². The lowest BCUT2D eigenvalue weighted by molar-refractivity contribution is -0.137. The van der Waals surface area contributed by atoms with Gasteiger partial charge in [0.25, 0.3) is 5.91 Å². The van der Waals surface area contributed by atoms with Crippen LogP contribution in [0.4, 0.5) is 18.9 Å². The topological polar surface area (TPSA) is 74.8 Å². The van der Waals surface area contributed by atoms with Gasteiger partial charge in [-0.05, 0) is 36.4 Å². The van der Waals surface area contributed by atoms with Gasteiger partial charge < -0.3 is 10.3 Å². The van der Waals surface area contributed by atoms with Crippen molar-refractivity contribution in [3.05, 3.63) is 71.5 Å². The van der Waals surface area contributed by atoms with Crippen molar-refractivity contribution in [1.82, 2.24) is 9.97 Å². The van der Waals surface area contributed by atoms with E-state index in [1.54, 1.807) is 6.07 Å². The first-order valence-electron chi connectivity index (χ1n) is 8.65. The number of H-pyrrole nitrogens is 1. The van der Waals surface area contributed by atoms with Gasteiger partial charge in [-0.25, -0.2) is 4.98 Å². The molecule has 0 atom stereocenters. The molecule has 146 valence electrons. The Balaban J connectivity index is 1.74. The average Bonchev–Trinajstić information content (AvgIpc) is 3.05. The molecule has 2 aromatic carbocycles. The molecule has 0 aliphatic heterocycles. The predicted molar refractivity (Wildman–Crippen MR) is 103 cm³/mol. The number of nitrogens with zero attached hydrogens (tertiary/aromatic N) is 1. The number of carbonyl (C=O) groups excluding carboxylic acids is 2. The number of para-hydroxylation sites is 1. The molecular weight excluding hydrogens is 383 g/mol. The molecule has 0 radical (unpaired) electrons. The molecule has 5 nitrogen and oxygen atoms in total. The third kappa shape index (κ3) is 3.44. The molecule has 0 unspecified atom stereocenters. The molecule has 0 aliphatic rings. The fraction of sp³-hybridized carbons (Fsp3) is 0.0952. The van der Waals surface area contributed by atoms with Gasteiger partial charge >= 0.3 is 6.18 Å². The number of hydrogen-bond donors (Lipinski definition) is 2. The summed E-state index contributed by atoms with van der Waals surface area (Å²) in [5.41, 5.74) is 0.821. The van der Waals surface area contributed by atoms with Crippen molar-refractivity contribution in [1.29, 1.82) is 0 Å². The van der Waals surface area contributed by atoms with E-state index in [9.17, 15) is 22.8 Å². The number of alkyl halides is 3. The largest absolute Gasteiger partial charge is 0.416 e. The molecule has 29 heavy (non-hydrogen) atoms. The first-order valence-corrected chi connectivity index (χ1v) is 8.65. The molecule has 2 heterocycles. The number of pyridine rings is 1. The third-order valence-electron chi connectivity index (χ3n) is 4.53. The summed E-state index contributed by atoms with van der Waals surface area (Å²) >= 11 is 0. The second-order valence-electron chi connectivity index (χ2n) is 6.53. The molecule has 0 spiro atoms. The zero-order valence-electron chi connectivity index (χ0n) is 15.1. The summed E-state index contributed by atoms with van der Waals surface area (Å²) in [5.74, 6) is -0.940. The van der Waals surface area contributed by atoms with Crippen LogP contribution in [0.3, 0.4) is 0 Å². The van der Waals surface area contributed by atoms with Gasteiger partial charge in [-0.3, -0.25) is 9.59 Å². The first kappa shape index (κ1) is 18.7. The van der Waals surface area contributed by atoms with E-state index in [-0.39, 0.29) is 22.9 Å². The molecule has 2 aromatic heterocycles. The Morgan fingerprint density at radius 1 is 1.00 bits per heavy atom. The van der Waals surface area contributed by atoms with Crippen LogP contribution < -0.4 is 5.32 Å². The van der Waals surface area contributed by atoms with E-state index in [0.29, 0.717) is 10.9 Å². The third-order valence-corrected chi connectivity index (χ3v) is 4.53. The molecule has 0 bridgehead atoms. The lowest BCUT2D eigenvalue weighted by atomic mass is 10.1. The maximum absolute atomic E-state index is 12.7. The Kier molecular flexibility index (Phi) is 4.34. The zero-order chi connectivity index (χ0) is 20.8. The van der Waals surface area contributed by atoms with Gasteiger partial charge in [0.05, 0.1) is 11.1 Å². The minimum Gasteiger partial charge on any atom is -0.353 e. The van der Waals surface area contributed by atoms with Gasteiger partial charge in [-0.2, -0.15) is 13.2 Å². The summed E-state index contributed by atoms with van der Waals surface area (Å²) in [6.45, 7) is 1.35. The summed E-state index contributed by atoms with van der Waals surface area (Å²) < 4.78 is 38.0. The van der Waals surface area contributed by atoms with E-state index in [4.69, 9.17) is 0 Å². The van der Waals surface area contributed by atoms with Gasteiger partial charge in [-0.1, -0.05) is 18.2 Å². The lowest BCUT2D eigenvalue weighted by Crippen LogP contribution is -2.16. The maximum atomic E-state index is 12.7. The highest BCUT2D eigenvalue weighted by atomic mass is 19.4. The van der Waals surface area contributed by atoms with Crippen LogP contribution in [-0.4, -0.2) is 21.7 Å². The van der Waals surface area contributed by atoms with E-state index in [1.807, 2.05) is 24.3 Å². The van der Waals surface area contributed by atoms with Crippen molar-refractivity contribution in [2.45, 2.75) is 13.1 Å². The predicted octanol–water partition coefficient (Wildman–Crippen LogP) is 5.19. The Bertz CT molecular complexity index is 1260. The quantitative estimate of drug-likeness (QED) is 0.467. The van der Waals surface area contributed by atoms with Crippen LogP contribution in [0.15, 0.2) is 54.6 Å². The van der Waals surface area contributed by atoms with Crippen LogP contribution in [-0.2, 0) is 6.18 Å². The number of rotatable bonds is 3. The second-order valence-corrected chi connectivity index (χ2v) is 6.53. The van der Waals surface area contributed by atoms with Crippen molar-refractivity contribution in [3.63, 3.8) is 0 Å². The molecule has 0 saturated heterocycles. The molecule has 2 N–H and O–H groups in total. The number of anilines is 1. The SMILES string of the molecule is CC(=O)c1nc(C(=O)Nc2ccc(C(F)(F)F)cc2)cc2c1[nH]c1ccccc12. The molecule has 1 amide bonds. The number of halogens is 3. The maximum Gasteiger partial charge on any atom is 0.416 e. The van der Waals surface area contributed by atoms with Gasteiger partial charge in [0.1, 0.15) is 11.4 Å². The number of fused-ring (bicyclic) bond motifs is 3. The molecule has 0 fully saturated rings. The number of hydrogen-bond acceptors (Lipinski definition) is 3. The minimum absolute atomic E-state index is 0.00708. The van der Waals surface area contributed by atoms with Crippen molar-refractivity contribution >= 4 is 39.2 Å². The van der Waals surface area contributed by atoms with Gasteiger partial charge in [0, 0.05) is 28.9 Å². The second kappa shape index (κ2) is 6.73. The molecule has 8 heteroatoms. The fourth-order valence-electron chi connectivity index (χ4n) is 3.15. The standard InChI is InChI=1S/C21H14F3N3O2/c1-11(28)18-19-15(14-4-2-3-5-16(14)26-19)10-17(27-18)20(29)25-13-8-6-12(7-9-13)21(22,23)24/h2-10,26H,1H3,(H,25,29). The normalized spacial score (nSPS) is 11.7. The van der Waals surface area contributed by atoms with Crippen LogP contribution in [0.2, 0.25) is 0 Å². The summed E-state index contributed by atoms with van der Waals surface area (Å²) in [6, 6.07) is 13.0. The summed E-state index contributed by atoms with van der Waals surface area (Å²) in [6.07, 6.45) is -4.46. The number of amides is 1. The summed E-state index contributed by atoms with van der Waals surface area (Å²) in [7, 11) is 0.